The van der Waals surface area contributed by atoms with E-state index >= 15 is 0 Å². The van der Waals surface area contributed by atoms with Crippen molar-refractivity contribution in [3.05, 3.63) is 33.0 Å². The van der Waals surface area contributed by atoms with Gasteiger partial charge in [-0.2, -0.15) is 0 Å². The Balaban J connectivity index is 2.34. The fraction of sp³-hybridized carbons (Fsp3) is 0.500. The Morgan fingerprint density at radius 3 is 2.56 bits per heavy atom. The van der Waals surface area contributed by atoms with Crippen LogP contribution >= 0.6 is 0 Å². The van der Waals surface area contributed by atoms with Gasteiger partial charge < -0.3 is 5.32 Å². The summed E-state index contributed by atoms with van der Waals surface area (Å²) in [7, 11) is 2.98. The molecule has 6 heteroatoms. The molecule has 1 aromatic heterocycles. The first-order chi connectivity index (χ1) is 7.59. The second kappa shape index (κ2) is 3.96. The van der Waals surface area contributed by atoms with E-state index in [2.05, 4.69) is 22.6 Å². The van der Waals surface area contributed by atoms with Crippen molar-refractivity contribution < 1.29 is 0 Å². The number of nitrogens with one attached hydrogen (secondary N) is 1. The van der Waals surface area contributed by atoms with E-state index < -0.39 is 5.69 Å². The molecular weight excluding hydrogens is 208 g/mol. The number of anilines is 1. The third kappa shape index (κ3) is 1.78. The maximum Gasteiger partial charge on any atom is 0.346 e. The van der Waals surface area contributed by atoms with Crippen LogP contribution in [0.5, 0.6) is 0 Å². The predicted molar refractivity (Wildman–Crippen MR) is 60.5 cm³/mol. The zero-order chi connectivity index (χ0) is 11.7. The molecule has 6 nitrogen and oxygen atoms in total. The van der Waals surface area contributed by atoms with Crippen molar-refractivity contribution >= 4 is 5.82 Å². The van der Waals surface area contributed by atoms with Gasteiger partial charge in [0.2, 0.25) is 5.82 Å². The average molecular weight is 222 g/mol. The van der Waals surface area contributed by atoms with Gasteiger partial charge in [0.05, 0.1) is 0 Å². The summed E-state index contributed by atoms with van der Waals surface area (Å²) in [5.41, 5.74) is -0.796. The first-order valence-electron chi connectivity index (χ1n) is 5.15. The Morgan fingerprint density at radius 1 is 1.31 bits per heavy atom. The molecule has 2 rings (SSSR count). The van der Waals surface area contributed by atoms with Crippen molar-refractivity contribution in [3.63, 3.8) is 0 Å². The highest BCUT2D eigenvalue weighted by Gasteiger charge is 2.14. The number of hydrogen-bond donors (Lipinski definition) is 1. The molecule has 1 aliphatic carbocycles. The highest BCUT2D eigenvalue weighted by atomic mass is 16.2. The normalized spacial score (nSPS) is 15.6. The first-order valence-corrected chi connectivity index (χ1v) is 5.15. The zero-order valence-corrected chi connectivity index (χ0v) is 9.30. The van der Waals surface area contributed by atoms with Crippen molar-refractivity contribution in [2.75, 3.05) is 5.32 Å². The van der Waals surface area contributed by atoms with E-state index in [4.69, 9.17) is 0 Å². The fourth-order valence-electron chi connectivity index (χ4n) is 1.72. The molecule has 0 saturated heterocycles. The van der Waals surface area contributed by atoms with Crippen LogP contribution in [0.3, 0.4) is 0 Å². The lowest BCUT2D eigenvalue weighted by Crippen LogP contribution is -2.40. The van der Waals surface area contributed by atoms with E-state index in [0.29, 0.717) is 0 Å². The molecule has 1 N–H and O–H groups in total. The van der Waals surface area contributed by atoms with E-state index in [1.807, 2.05) is 0 Å². The summed E-state index contributed by atoms with van der Waals surface area (Å²) in [6.45, 7) is 0. The molecule has 0 aliphatic heterocycles. The predicted octanol–water partition coefficient (Wildman–Crippen LogP) is -0.391. The molecule has 86 valence electrons. The molecule has 0 atom stereocenters. The van der Waals surface area contributed by atoms with Crippen molar-refractivity contribution in [1.82, 2.24) is 14.3 Å². The zero-order valence-electron chi connectivity index (χ0n) is 9.30. The van der Waals surface area contributed by atoms with Crippen LogP contribution in [0.4, 0.5) is 5.82 Å². The van der Waals surface area contributed by atoms with Crippen LogP contribution in [-0.4, -0.2) is 20.4 Å². The van der Waals surface area contributed by atoms with Crippen molar-refractivity contribution in [2.24, 2.45) is 14.1 Å². The topological polar surface area (TPSA) is 68.9 Å². The van der Waals surface area contributed by atoms with Gasteiger partial charge >= 0.3 is 5.69 Å². The van der Waals surface area contributed by atoms with Crippen LogP contribution in [0, 0.1) is 0 Å². The Bertz CT molecular complexity index is 533. The SMILES string of the molecule is Cn1nc(NC2CC=CC2)c(=O)n(C)c1=O. The molecule has 0 spiro atoms. The third-order valence-corrected chi connectivity index (χ3v) is 2.67. The Morgan fingerprint density at radius 2 is 1.94 bits per heavy atom. The number of aryl methyl sites for hydroxylation is 1. The maximum atomic E-state index is 11.7. The molecule has 0 radical (unpaired) electrons. The van der Waals surface area contributed by atoms with E-state index in [1.165, 1.54) is 14.1 Å². The highest BCUT2D eigenvalue weighted by molar-refractivity contribution is 5.32. The van der Waals surface area contributed by atoms with E-state index in [0.717, 1.165) is 22.1 Å². The standard InChI is InChI=1S/C10H14N4O2/c1-13-9(15)8(12-14(2)10(13)16)11-7-5-3-4-6-7/h3-4,7H,5-6H2,1-2H3,(H,11,12). The number of hydrogen-bond acceptors (Lipinski definition) is 4. The quantitative estimate of drug-likeness (QED) is 0.692. The summed E-state index contributed by atoms with van der Waals surface area (Å²) < 4.78 is 2.21. The van der Waals surface area contributed by atoms with Gasteiger partial charge in [-0.1, -0.05) is 12.2 Å². The second-order valence-corrected chi connectivity index (χ2v) is 3.90. The summed E-state index contributed by atoms with van der Waals surface area (Å²) in [4.78, 5) is 23.1. The summed E-state index contributed by atoms with van der Waals surface area (Å²) in [6, 6.07) is 0.206. The van der Waals surface area contributed by atoms with Crippen LogP contribution in [-0.2, 0) is 14.1 Å². The smallest absolute Gasteiger partial charge is 0.346 e. The van der Waals surface area contributed by atoms with Gasteiger partial charge in [-0.15, -0.1) is 5.10 Å². The van der Waals surface area contributed by atoms with Gasteiger partial charge in [-0.25, -0.2) is 9.48 Å². The molecule has 0 fully saturated rings. The minimum Gasteiger partial charge on any atom is -0.361 e. The minimum atomic E-state index is -0.417. The Kier molecular flexibility index (Phi) is 2.64. The van der Waals surface area contributed by atoms with Crippen LogP contribution < -0.4 is 16.6 Å². The lowest BCUT2D eigenvalue weighted by atomic mass is 10.2. The molecule has 1 aliphatic rings. The third-order valence-electron chi connectivity index (χ3n) is 2.67. The minimum absolute atomic E-state index is 0.206. The van der Waals surface area contributed by atoms with Gasteiger partial charge in [0, 0.05) is 20.1 Å². The number of nitrogens with zero attached hydrogens (tertiary/aromatic N) is 3. The first kappa shape index (κ1) is 10.7. The number of rotatable bonds is 2. The van der Waals surface area contributed by atoms with E-state index in [-0.39, 0.29) is 17.4 Å². The van der Waals surface area contributed by atoms with E-state index in [9.17, 15) is 9.59 Å². The molecule has 0 unspecified atom stereocenters. The van der Waals surface area contributed by atoms with Crippen LogP contribution in [0.2, 0.25) is 0 Å². The fourth-order valence-corrected chi connectivity index (χ4v) is 1.72. The number of aromatic nitrogens is 3. The highest BCUT2D eigenvalue weighted by Crippen LogP contribution is 2.12. The second-order valence-electron chi connectivity index (χ2n) is 3.90. The molecule has 1 aromatic rings. The van der Waals surface area contributed by atoms with Crippen LogP contribution in [0.15, 0.2) is 21.7 Å². The summed E-state index contributed by atoms with van der Waals surface area (Å²) in [5, 5.41) is 6.98. The van der Waals surface area contributed by atoms with Crippen molar-refractivity contribution in [1.29, 1.82) is 0 Å². The monoisotopic (exact) mass is 222 g/mol. The van der Waals surface area contributed by atoms with Crippen molar-refractivity contribution in [3.8, 4) is 0 Å². The Hall–Kier alpha value is -1.85. The molecule has 16 heavy (non-hydrogen) atoms. The summed E-state index contributed by atoms with van der Waals surface area (Å²) >= 11 is 0. The van der Waals surface area contributed by atoms with E-state index in [1.54, 1.807) is 0 Å². The summed E-state index contributed by atoms with van der Waals surface area (Å²) in [5.74, 6) is 0.235. The molecule has 0 amide bonds. The summed E-state index contributed by atoms with van der Waals surface area (Å²) in [6.07, 6.45) is 5.88. The maximum absolute atomic E-state index is 11.7. The molecule has 0 bridgehead atoms. The van der Waals surface area contributed by atoms with Crippen LogP contribution in [0.1, 0.15) is 12.8 Å². The average Bonchev–Trinajstić information content (AvgIpc) is 2.76. The Labute approximate surface area is 92.2 Å². The largest absolute Gasteiger partial charge is 0.361 e. The molecule has 1 heterocycles. The van der Waals surface area contributed by atoms with Gasteiger partial charge in [-0.05, 0) is 12.8 Å². The van der Waals surface area contributed by atoms with Gasteiger partial charge in [0.25, 0.3) is 5.56 Å². The van der Waals surface area contributed by atoms with Gasteiger partial charge in [-0.3, -0.25) is 9.36 Å². The lowest BCUT2D eigenvalue weighted by molar-refractivity contribution is 0.599. The van der Waals surface area contributed by atoms with Crippen LogP contribution in [0.25, 0.3) is 0 Å². The van der Waals surface area contributed by atoms with Gasteiger partial charge in [0.1, 0.15) is 0 Å². The lowest BCUT2D eigenvalue weighted by Gasteiger charge is -2.13. The van der Waals surface area contributed by atoms with Crippen molar-refractivity contribution in [2.45, 2.75) is 18.9 Å². The molecule has 0 saturated carbocycles. The molecular formula is C10H14N4O2. The molecule has 0 aromatic carbocycles. The van der Waals surface area contributed by atoms with Gasteiger partial charge in [0.15, 0.2) is 0 Å².